The molecule has 1 heterocycles. The minimum absolute atomic E-state index is 0.728. The third-order valence-corrected chi connectivity index (χ3v) is 2.60. The second-order valence-corrected chi connectivity index (χ2v) is 3.45. The van der Waals surface area contributed by atoms with Crippen LogP contribution in [-0.2, 0) is 6.42 Å². The highest BCUT2D eigenvalue weighted by Gasteiger charge is 2.06. The highest BCUT2D eigenvalue weighted by Crippen LogP contribution is 2.23. The molecule has 0 saturated carbocycles. The van der Waals surface area contributed by atoms with Crippen LogP contribution in [-0.4, -0.2) is 4.98 Å². The summed E-state index contributed by atoms with van der Waals surface area (Å²) in [6.45, 7) is 4.21. The number of aryl methyl sites for hydroxylation is 2. The Morgan fingerprint density at radius 3 is 2.86 bits per heavy atom. The Hall–Kier alpha value is -1.75. The Morgan fingerprint density at radius 1 is 1.43 bits per heavy atom. The molecule has 0 aliphatic carbocycles. The van der Waals surface area contributed by atoms with Crippen LogP contribution in [0.5, 0.6) is 0 Å². The smallest absolute Gasteiger partial charge is 0.0991 e. The van der Waals surface area contributed by atoms with Crippen molar-refractivity contribution in [2.75, 3.05) is 0 Å². The van der Waals surface area contributed by atoms with Gasteiger partial charge in [0.25, 0.3) is 0 Å². The number of H-pyrrole nitrogens is 1. The summed E-state index contributed by atoms with van der Waals surface area (Å²) in [5.41, 5.74) is 4.37. The van der Waals surface area contributed by atoms with Gasteiger partial charge in [0.05, 0.1) is 11.6 Å². The summed E-state index contributed by atoms with van der Waals surface area (Å²) in [5, 5.41) is 9.99. The number of nitriles is 1. The van der Waals surface area contributed by atoms with Crippen molar-refractivity contribution >= 4 is 10.9 Å². The second kappa shape index (κ2) is 3.19. The van der Waals surface area contributed by atoms with Gasteiger partial charge in [-0.05, 0) is 37.1 Å². The SMILES string of the molecule is CCc1c(C)[nH]c2ccc(C#N)cc12. The fraction of sp³-hybridized carbons (Fsp3) is 0.250. The van der Waals surface area contributed by atoms with Crippen LogP contribution in [0.3, 0.4) is 0 Å². The zero-order chi connectivity index (χ0) is 10.1. The minimum atomic E-state index is 0.728. The molecule has 1 aromatic heterocycles. The molecule has 0 atom stereocenters. The Kier molecular flexibility index (Phi) is 2.01. The molecule has 0 fully saturated rings. The van der Waals surface area contributed by atoms with Crippen LogP contribution in [0.25, 0.3) is 10.9 Å². The van der Waals surface area contributed by atoms with E-state index in [9.17, 15) is 0 Å². The molecule has 2 aromatic rings. The maximum absolute atomic E-state index is 8.81. The minimum Gasteiger partial charge on any atom is -0.358 e. The van der Waals surface area contributed by atoms with Crippen molar-refractivity contribution < 1.29 is 0 Å². The first kappa shape index (κ1) is 8.83. The maximum Gasteiger partial charge on any atom is 0.0991 e. The number of nitrogens with one attached hydrogen (secondary N) is 1. The van der Waals surface area contributed by atoms with Crippen molar-refractivity contribution in [2.45, 2.75) is 20.3 Å². The van der Waals surface area contributed by atoms with Crippen molar-refractivity contribution in [3.8, 4) is 6.07 Å². The molecule has 70 valence electrons. The molecule has 14 heavy (non-hydrogen) atoms. The molecular formula is C12H12N2. The van der Waals surface area contributed by atoms with E-state index in [0.29, 0.717) is 0 Å². The molecule has 1 N–H and O–H groups in total. The first-order valence-corrected chi connectivity index (χ1v) is 4.77. The van der Waals surface area contributed by atoms with Gasteiger partial charge >= 0.3 is 0 Å². The normalized spacial score (nSPS) is 10.4. The lowest BCUT2D eigenvalue weighted by Crippen LogP contribution is -1.81. The average Bonchev–Trinajstić information content (AvgIpc) is 2.52. The van der Waals surface area contributed by atoms with Crippen LogP contribution in [0.1, 0.15) is 23.7 Å². The number of aromatic nitrogens is 1. The molecule has 0 spiro atoms. The van der Waals surface area contributed by atoms with Gasteiger partial charge in [-0.15, -0.1) is 0 Å². The molecule has 0 radical (unpaired) electrons. The first-order valence-electron chi connectivity index (χ1n) is 4.77. The molecule has 2 nitrogen and oxygen atoms in total. The van der Waals surface area contributed by atoms with Gasteiger partial charge in [-0.3, -0.25) is 0 Å². The Morgan fingerprint density at radius 2 is 2.21 bits per heavy atom. The van der Waals surface area contributed by atoms with Crippen molar-refractivity contribution in [2.24, 2.45) is 0 Å². The number of benzene rings is 1. The maximum atomic E-state index is 8.81. The van der Waals surface area contributed by atoms with Crippen LogP contribution < -0.4 is 0 Å². The monoisotopic (exact) mass is 184 g/mol. The fourth-order valence-electron chi connectivity index (χ4n) is 1.91. The highest BCUT2D eigenvalue weighted by molar-refractivity contribution is 5.85. The average molecular weight is 184 g/mol. The first-order chi connectivity index (χ1) is 6.76. The largest absolute Gasteiger partial charge is 0.358 e. The van der Waals surface area contributed by atoms with Gasteiger partial charge in [0, 0.05) is 16.6 Å². The summed E-state index contributed by atoms with van der Waals surface area (Å²) in [5.74, 6) is 0. The number of rotatable bonds is 1. The Labute approximate surface area is 83.2 Å². The molecular weight excluding hydrogens is 172 g/mol. The highest BCUT2D eigenvalue weighted by atomic mass is 14.7. The number of fused-ring (bicyclic) bond motifs is 1. The lowest BCUT2D eigenvalue weighted by Gasteiger charge is -1.95. The summed E-state index contributed by atoms with van der Waals surface area (Å²) in [6.07, 6.45) is 1.00. The van der Waals surface area contributed by atoms with E-state index in [0.717, 1.165) is 17.5 Å². The van der Waals surface area contributed by atoms with E-state index in [-0.39, 0.29) is 0 Å². The van der Waals surface area contributed by atoms with E-state index in [1.54, 1.807) is 0 Å². The van der Waals surface area contributed by atoms with E-state index in [1.165, 1.54) is 16.6 Å². The fourth-order valence-corrected chi connectivity index (χ4v) is 1.91. The van der Waals surface area contributed by atoms with Crippen molar-refractivity contribution in [1.29, 1.82) is 5.26 Å². The quantitative estimate of drug-likeness (QED) is 0.727. The second-order valence-electron chi connectivity index (χ2n) is 3.45. The zero-order valence-corrected chi connectivity index (χ0v) is 8.39. The standard InChI is InChI=1S/C12H12N2/c1-3-10-8(2)14-12-5-4-9(7-13)6-11(10)12/h4-6,14H,3H2,1-2H3. The molecule has 0 bridgehead atoms. The molecule has 0 aliphatic heterocycles. The van der Waals surface area contributed by atoms with Crippen molar-refractivity contribution in [3.63, 3.8) is 0 Å². The lowest BCUT2D eigenvalue weighted by molar-refractivity contribution is 1.11. The van der Waals surface area contributed by atoms with Gasteiger partial charge in [-0.25, -0.2) is 0 Å². The number of aromatic amines is 1. The molecule has 2 rings (SSSR count). The van der Waals surface area contributed by atoms with Crippen molar-refractivity contribution in [1.82, 2.24) is 4.98 Å². The third kappa shape index (κ3) is 1.18. The van der Waals surface area contributed by atoms with Crippen LogP contribution in [0.15, 0.2) is 18.2 Å². The third-order valence-electron chi connectivity index (χ3n) is 2.60. The molecule has 0 amide bonds. The summed E-state index contributed by atoms with van der Waals surface area (Å²) < 4.78 is 0. The van der Waals surface area contributed by atoms with E-state index in [4.69, 9.17) is 5.26 Å². The van der Waals surface area contributed by atoms with Crippen LogP contribution in [0.4, 0.5) is 0 Å². The summed E-state index contributed by atoms with van der Waals surface area (Å²) in [7, 11) is 0. The topological polar surface area (TPSA) is 39.6 Å². The van der Waals surface area contributed by atoms with E-state index in [1.807, 2.05) is 18.2 Å². The Balaban J connectivity index is 2.79. The van der Waals surface area contributed by atoms with E-state index in [2.05, 4.69) is 24.9 Å². The van der Waals surface area contributed by atoms with E-state index < -0.39 is 0 Å². The van der Waals surface area contributed by atoms with Crippen LogP contribution >= 0.6 is 0 Å². The van der Waals surface area contributed by atoms with Crippen LogP contribution in [0.2, 0.25) is 0 Å². The van der Waals surface area contributed by atoms with E-state index >= 15 is 0 Å². The van der Waals surface area contributed by atoms with Gasteiger partial charge < -0.3 is 4.98 Å². The summed E-state index contributed by atoms with van der Waals surface area (Å²) in [6, 6.07) is 7.94. The molecule has 1 aromatic carbocycles. The van der Waals surface area contributed by atoms with Crippen LogP contribution in [0, 0.1) is 18.3 Å². The predicted octanol–water partition coefficient (Wildman–Crippen LogP) is 2.91. The van der Waals surface area contributed by atoms with Gasteiger partial charge in [-0.1, -0.05) is 6.92 Å². The molecule has 2 heteroatoms. The van der Waals surface area contributed by atoms with Gasteiger partial charge in [0.15, 0.2) is 0 Å². The number of hydrogen-bond acceptors (Lipinski definition) is 1. The number of hydrogen-bond donors (Lipinski definition) is 1. The lowest BCUT2D eigenvalue weighted by atomic mass is 10.1. The van der Waals surface area contributed by atoms with Gasteiger partial charge in [0.2, 0.25) is 0 Å². The number of nitrogens with zero attached hydrogens (tertiary/aromatic N) is 1. The van der Waals surface area contributed by atoms with Gasteiger partial charge in [-0.2, -0.15) is 5.26 Å². The predicted molar refractivity (Wildman–Crippen MR) is 57.1 cm³/mol. The summed E-state index contributed by atoms with van der Waals surface area (Å²) in [4.78, 5) is 3.32. The van der Waals surface area contributed by atoms with Gasteiger partial charge in [0.1, 0.15) is 0 Å². The molecule has 0 unspecified atom stereocenters. The molecule has 0 saturated heterocycles. The summed E-state index contributed by atoms with van der Waals surface area (Å²) >= 11 is 0. The molecule has 0 aliphatic rings. The Bertz CT molecular complexity index is 515. The van der Waals surface area contributed by atoms with Crippen molar-refractivity contribution in [3.05, 3.63) is 35.0 Å². The zero-order valence-electron chi connectivity index (χ0n) is 8.39.